The first-order chi connectivity index (χ1) is 11.5. The largest absolute Gasteiger partial charge is 0.369 e. The standard InChI is InChI=1S/C19H29N3O2/c1-15(2)12-21(14-18(20)23)13-16-7-6-8-17(11-16)19(24)22-9-4-3-5-10-22/h6-8,11,15H,3-5,9-10,12-14H2,1-2H3,(H2,20,23). The number of piperidine rings is 1. The summed E-state index contributed by atoms with van der Waals surface area (Å²) in [6.45, 7) is 7.60. The lowest BCUT2D eigenvalue weighted by atomic mass is 10.1. The number of hydrogen-bond donors (Lipinski definition) is 1. The highest BCUT2D eigenvalue weighted by molar-refractivity contribution is 5.94. The number of nitrogens with two attached hydrogens (primary N) is 1. The molecule has 0 aromatic heterocycles. The number of carbonyl (C=O) groups is 2. The van der Waals surface area contributed by atoms with E-state index in [1.165, 1.54) is 6.42 Å². The van der Waals surface area contributed by atoms with Gasteiger partial charge < -0.3 is 10.6 Å². The minimum Gasteiger partial charge on any atom is -0.369 e. The highest BCUT2D eigenvalue weighted by Gasteiger charge is 2.19. The van der Waals surface area contributed by atoms with Gasteiger partial charge in [0.1, 0.15) is 0 Å². The molecule has 1 aliphatic rings. The van der Waals surface area contributed by atoms with Crippen molar-refractivity contribution < 1.29 is 9.59 Å². The van der Waals surface area contributed by atoms with Gasteiger partial charge in [0.2, 0.25) is 5.91 Å². The summed E-state index contributed by atoms with van der Waals surface area (Å²) in [4.78, 5) is 27.9. The molecule has 5 heteroatoms. The van der Waals surface area contributed by atoms with Gasteiger partial charge in [-0.05, 0) is 42.9 Å². The number of likely N-dealkylation sites (tertiary alicyclic amines) is 1. The molecule has 5 nitrogen and oxygen atoms in total. The van der Waals surface area contributed by atoms with Crippen LogP contribution in [0.25, 0.3) is 0 Å². The maximum Gasteiger partial charge on any atom is 0.253 e. The molecule has 1 aliphatic heterocycles. The number of primary amides is 1. The number of rotatable bonds is 7. The molecule has 1 saturated heterocycles. The molecule has 2 N–H and O–H groups in total. The van der Waals surface area contributed by atoms with E-state index in [1.54, 1.807) is 0 Å². The lowest BCUT2D eigenvalue weighted by Gasteiger charge is -2.27. The summed E-state index contributed by atoms with van der Waals surface area (Å²) in [5.41, 5.74) is 7.13. The summed E-state index contributed by atoms with van der Waals surface area (Å²) < 4.78 is 0. The molecule has 1 aromatic carbocycles. The summed E-state index contributed by atoms with van der Waals surface area (Å²) in [6.07, 6.45) is 3.39. The van der Waals surface area contributed by atoms with Gasteiger partial charge in [0, 0.05) is 31.7 Å². The Kier molecular flexibility index (Phi) is 6.79. The van der Waals surface area contributed by atoms with E-state index >= 15 is 0 Å². The third-order valence-electron chi connectivity index (χ3n) is 4.23. The topological polar surface area (TPSA) is 66.6 Å². The number of amides is 2. The maximum absolute atomic E-state index is 12.6. The molecular formula is C19H29N3O2. The van der Waals surface area contributed by atoms with E-state index in [1.807, 2.05) is 34.1 Å². The zero-order chi connectivity index (χ0) is 17.5. The van der Waals surface area contributed by atoms with Gasteiger partial charge in [-0.3, -0.25) is 14.5 Å². The Bertz CT molecular complexity index is 565. The minimum atomic E-state index is -0.323. The predicted molar refractivity (Wildman–Crippen MR) is 95.5 cm³/mol. The molecule has 0 aliphatic carbocycles. The second kappa shape index (κ2) is 8.83. The smallest absolute Gasteiger partial charge is 0.253 e. The van der Waals surface area contributed by atoms with E-state index in [0.717, 1.165) is 43.6 Å². The van der Waals surface area contributed by atoms with Crippen LogP contribution in [0.5, 0.6) is 0 Å². The summed E-state index contributed by atoms with van der Waals surface area (Å²) in [7, 11) is 0. The minimum absolute atomic E-state index is 0.113. The summed E-state index contributed by atoms with van der Waals surface area (Å²) >= 11 is 0. The second-order valence-corrected chi connectivity index (χ2v) is 7.08. The summed E-state index contributed by atoms with van der Waals surface area (Å²) in [5.74, 6) is 0.237. The molecule has 0 spiro atoms. The van der Waals surface area contributed by atoms with E-state index in [2.05, 4.69) is 13.8 Å². The van der Waals surface area contributed by atoms with Gasteiger partial charge in [0.05, 0.1) is 6.54 Å². The van der Waals surface area contributed by atoms with Crippen LogP contribution in [0.4, 0.5) is 0 Å². The van der Waals surface area contributed by atoms with Crippen molar-refractivity contribution in [3.05, 3.63) is 35.4 Å². The highest BCUT2D eigenvalue weighted by atomic mass is 16.2. The van der Waals surface area contributed by atoms with E-state index in [9.17, 15) is 9.59 Å². The van der Waals surface area contributed by atoms with Crippen LogP contribution in [0.15, 0.2) is 24.3 Å². The lowest BCUT2D eigenvalue weighted by Crippen LogP contribution is -2.36. The Morgan fingerprint density at radius 1 is 1.21 bits per heavy atom. The lowest BCUT2D eigenvalue weighted by molar-refractivity contribution is -0.119. The van der Waals surface area contributed by atoms with Crippen LogP contribution in [0.3, 0.4) is 0 Å². The van der Waals surface area contributed by atoms with Crippen LogP contribution >= 0.6 is 0 Å². The van der Waals surface area contributed by atoms with Crippen molar-refractivity contribution in [3.8, 4) is 0 Å². The zero-order valence-electron chi connectivity index (χ0n) is 14.8. The van der Waals surface area contributed by atoms with Crippen molar-refractivity contribution in [1.29, 1.82) is 0 Å². The van der Waals surface area contributed by atoms with E-state index < -0.39 is 0 Å². The molecule has 0 unspecified atom stereocenters. The van der Waals surface area contributed by atoms with Crippen molar-refractivity contribution in [2.75, 3.05) is 26.2 Å². The molecule has 24 heavy (non-hydrogen) atoms. The van der Waals surface area contributed by atoms with Crippen molar-refractivity contribution in [2.45, 2.75) is 39.7 Å². The fraction of sp³-hybridized carbons (Fsp3) is 0.579. The monoisotopic (exact) mass is 331 g/mol. The predicted octanol–water partition coefficient (Wildman–Crippen LogP) is 2.26. The first-order valence-electron chi connectivity index (χ1n) is 8.84. The third-order valence-corrected chi connectivity index (χ3v) is 4.23. The second-order valence-electron chi connectivity index (χ2n) is 7.08. The van der Waals surface area contributed by atoms with Crippen molar-refractivity contribution >= 4 is 11.8 Å². The third kappa shape index (κ3) is 5.64. The van der Waals surface area contributed by atoms with Crippen LogP contribution < -0.4 is 5.73 Å². The Morgan fingerprint density at radius 2 is 1.92 bits per heavy atom. The molecule has 0 radical (unpaired) electrons. The number of benzene rings is 1. The molecule has 1 heterocycles. The summed E-state index contributed by atoms with van der Waals surface area (Å²) in [5, 5.41) is 0. The average Bonchev–Trinajstić information content (AvgIpc) is 2.54. The fourth-order valence-corrected chi connectivity index (χ4v) is 3.26. The zero-order valence-corrected chi connectivity index (χ0v) is 14.8. The number of nitrogens with zero attached hydrogens (tertiary/aromatic N) is 2. The summed E-state index contributed by atoms with van der Waals surface area (Å²) in [6, 6.07) is 7.75. The maximum atomic E-state index is 12.6. The van der Waals surface area contributed by atoms with Crippen LogP contribution in [0.2, 0.25) is 0 Å². The van der Waals surface area contributed by atoms with Gasteiger partial charge in [0.25, 0.3) is 5.91 Å². The van der Waals surface area contributed by atoms with Crippen molar-refractivity contribution in [1.82, 2.24) is 9.80 Å². The number of carbonyl (C=O) groups excluding carboxylic acids is 2. The first-order valence-corrected chi connectivity index (χ1v) is 8.84. The Balaban J connectivity index is 2.07. The van der Waals surface area contributed by atoms with Gasteiger partial charge >= 0.3 is 0 Å². The van der Waals surface area contributed by atoms with Gasteiger partial charge in [-0.1, -0.05) is 26.0 Å². The van der Waals surface area contributed by atoms with E-state index in [-0.39, 0.29) is 18.4 Å². The van der Waals surface area contributed by atoms with Crippen LogP contribution in [-0.4, -0.2) is 47.8 Å². The molecule has 2 amide bonds. The van der Waals surface area contributed by atoms with E-state index in [0.29, 0.717) is 12.5 Å². The SMILES string of the molecule is CC(C)CN(CC(N)=O)Cc1cccc(C(=O)N2CCCCC2)c1. The van der Waals surface area contributed by atoms with Gasteiger partial charge in [0.15, 0.2) is 0 Å². The molecule has 1 aromatic rings. The van der Waals surface area contributed by atoms with Gasteiger partial charge in [-0.15, -0.1) is 0 Å². The molecule has 0 saturated carbocycles. The van der Waals surface area contributed by atoms with Gasteiger partial charge in [-0.25, -0.2) is 0 Å². The molecule has 2 rings (SSSR count). The normalized spacial score (nSPS) is 15.1. The molecule has 0 bridgehead atoms. The quantitative estimate of drug-likeness (QED) is 0.833. The van der Waals surface area contributed by atoms with Crippen LogP contribution in [-0.2, 0) is 11.3 Å². The van der Waals surface area contributed by atoms with Crippen molar-refractivity contribution in [2.24, 2.45) is 11.7 Å². The van der Waals surface area contributed by atoms with E-state index in [4.69, 9.17) is 5.73 Å². The Labute approximate surface area is 144 Å². The number of hydrogen-bond acceptors (Lipinski definition) is 3. The fourth-order valence-electron chi connectivity index (χ4n) is 3.26. The Morgan fingerprint density at radius 3 is 2.54 bits per heavy atom. The van der Waals surface area contributed by atoms with Crippen LogP contribution in [0.1, 0.15) is 49.0 Å². The highest BCUT2D eigenvalue weighted by Crippen LogP contribution is 2.15. The molecule has 0 atom stereocenters. The van der Waals surface area contributed by atoms with Crippen molar-refractivity contribution in [3.63, 3.8) is 0 Å². The Hall–Kier alpha value is -1.88. The molecular weight excluding hydrogens is 302 g/mol. The average molecular weight is 331 g/mol. The van der Waals surface area contributed by atoms with Crippen LogP contribution in [0, 0.1) is 5.92 Å². The molecule has 132 valence electrons. The molecule has 1 fully saturated rings. The van der Waals surface area contributed by atoms with Gasteiger partial charge in [-0.2, -0.15) is 0 Å². The first kappa shape index (κ1) is 18.5.